The summed E-state index contributed by atoms with van der Waals surface area (Å²) < 4.78 is 25.7. The third-order valence-electron chi connectivity index (χ3n) is 4.58. The summed E-state index contributed by atoms with van der Waals surface area (Å²) in [6.07, 6.45) is 3.73. The molecule has 0 aliphatic heterocycles. The maximum absolute atomic E-state index is 12.9. The minimum absolute atomic E-state index is 0.228. The van der Waals surface area contributed by atoms with E-state index < -0.39 is 0 Å². The maximum atomic E-state index is 12.9. The van der Waals surface area contributed by atoms with Gasteiger partial charge in [0.25, 0.3) is 5.91 Å². The topological polar surface area (TPSA) is 95.0 Å². The number of halogens is 2. The van der Waals surface area contributed by atoms with Gasteiger partial charge in [-0.1, -0.05) is 24.3 Å². The lowest BCUT2D eigenvalue weighted by Crippen LogP contribution is -2.18. The number of hydrogen-bond donors (Lipinski definition) is 3. The van der Waals surface area contributed by atoms with E-state index >= 15 is 0 Å². The van der Waals surface area contributed by atoms with Crippen LogP contribution in [0.5, 0.6) is 0 Å². The molecule has 0 bridgehead atoms. The van der Waals surface area contributed by atoms with Gasteiger partial charge >= 0.3 is 0 Å². The lowest BCUT2D eigenvalue weighted by Gasteiger charge is -2.07. The fourth-order valence-corrected chi connectivity index (χ4v) is 2.78. The minimum atomic E-state index is -0.372. The third kappa shape index (κ3) is 8.27. The van der Waals surface area contributed by atoms with Crippen molar-refractivity contribution >= 4 is 29.9 Å². The number of nitrogens with one attached hydrogen (secondary N) is 3. The van der Waals surface area contributed by atoms with Crippen LogP contribution in [0.15, 0.2) is 83.0 Å². The van der Waals surface area contributed by atoms with E-state index in [-0.39, 0.29) is 29.9 Å². The predicted molar refractivity (Wildman–Crippen MR) is 128 cm³/mol. The summed E-state index contributed by atoms with van der Waals surface area (Å²) >= 11 is 0. The van der Waals surface area contributed by atoms with Gasteiger partial charge in [-0.05, 0) is 66.1 Å². The van der Waals surface area contributed by atoms with Crippen molar-refractivity contribution in [1.82, 2.24) is 10.9 Å². The van der Waals surface area contributed by atoms with Crippen LogP contribution in [0.4, 0.5) is 14.5 Å². The number of rotatable bonds is 10. The molecule has 0 radical (unpaired) electrons. The first-order chi connectivity index (χ1) is 16.5. The molecule has 174 valence electrons. The maximum Gasteiger partial charge on any atom is 0.271 e. The summed E-state index contributed by atoms with van der Waals surface area (Å²) in [5.41, 5.74) is 7.43. The standard InChI is InChI=1S/C25H23F2N5O2/c26-21-9-3-18(4-10-21)16-29-31-24(33)2-1-15-28-23-13-7-20(8-14-23)25(34)32-30-17-19-5-11-22(27)12-6-19/h3-14,16-17,28H,1-2,15H2,(H,31,33)(H,32,34). The number of hydrazone groups is 2. The molecule has 0 spiro atoms. The van der Waals surface area contributed by atoms with Crippen molar-refractivity contribution in [2.75, 3.05) is 11.9 Å². The van der Waals surface area contributed by atoms with Crippen LogP contribution in [0.25, 0.3) is 0 Å². The monoisotopic (exact) mass is 463 g/mol. The lowest BCUT2D eigenvalue weighted by atomic mass is 10.2. The number of carbonyl (C=O) groups is 2. The van der Waals surface area contributed by atoms with Crippen molar-refractivity contribution in [2.24, 2.45) is 10.2 Å². The first-order valence-corrected chi connectivity index (χ1v) is 10.5. The quantitative estimate of drug-likeness (QED) is 0.240. The molecule has 0 saturated carbocycles. The highest BCUT2D eigenvalue weighted by Gasteiger charge is 2.04. The number of hydrogen-bond acceptors (Lipinski definition) is 5. The second-order valence-corrected chi connectivity index (χ2v) is 7.20. The van der Waals surface area contributed by atoms with Gasteiger partial charge < -0.3 is 5.32 Å². The zero-order valence-corrected chi connectivity index (χ0v) is 18.2. The van der Waals surface area contributed by atoms with Crippen molar-refractivity contribution in [3.05, 3.63) is 101 Å². The van der Waals surface area contributed by atoms with Crippen LogP contribution >= 0.6 is 0 Å². The molecule has 0 fully saturated rings. The van der Waals surface area contributed by atoms with Crippen LogP contribution in [0.3, 0.4) is 0 Å². The van der Waals surface area contributed by atoms with Crippen LogP contribution in [0, 0.1) is 11.6 Å². The van der Waals surface area contributed by atoms with E-state index in [0.717, 1.165) is 5.69 Å². The summed E-state index contributed by atoms with van der Waals surface area (Å²) in [6, 6.07) is 18.3. The summed E-state index contributed by atoms with van der Waals surface area (Å²) in [5, 5.41) is 10.9. The molecular weight excluding hydrogens is 440 g/mol. The van der Waals surface area contributed by atoms with Crippen molar-refractivity contribution in [2.45, 2.75) is 12.8 Å². The molecule has 0 aliphatic rings. The molecule has 0 unspecified atom stereocenters. The first-order valence-electron chi connectivity index (χ1n) is 10.5. The fraction of sp³-hybridized carbons (Fsp3) is 0.120. The molecule has 3 N–H and O–H groups in total. The van der Waals surface area contributed by atoms with Gasteiger partial charge in [-0.3, -0.25) is 9.59 Å². The molecule has 0 aromatic heterocycles. The Morgan fingerprint density at radius 2 is 1.26 bits per heavy atom. The summed E-state index contributed by atoms with van der Waals surface area (Å²) in [7, 11) is 0. The Bertz CT molecular complexity index is 1150. The molecule has 0 saturated heterocycles. The Balaban J connectivity index is 1.34. The van der Waals surface area contributed by atoms with Crippen molar-refractivity contribution < 1.29 is 18.4 Å². The van der Waals surface area contributed by atoms with Crippen LogP contribution in [-0.2, 0) is 4.79 Å². The van der Waals surface area contributed by atoms with Gasteiger partial charge in [-0.25, -0.2) is 19.6 Å². The second-order valence-electron chi connectivity index (χ2n) is 7.20. The number of anilines is 1. The molecule has 0 atom stereocenters. The molecule has 9 heteroatoms. The smallest absolute Gasteiger partial charge is 0.271 e. The number of benzene rings is 3. The molecule has 2 amide bonds. The van der Waals surface area contributed by atoms with Crippen molar-refractivity contribution in [1.29, 1.82) is 0 Å². The Hall–Kier alpha value is -4.40. The summed E-state index contributed by atoms with van der Waals surface area (Å²) in [4.78, 5) is 24.0. The van der Waals surface area contributed by atoms with Gasteiger partial charge in [0.05, 0.1) is 12.4 Å². The average molecular weight is 463 g/mol. The second kappa shape index (κ2) is 12.6. The highest BCUT2D eigenvalue weighted by Crippen LogP contribution is 2.10. The lowest BCUT2D eigenvalue weighted by molar-refractivity contribution is -0.121. The van der Waals surface area contributed by atoms with Crippen molar-refractivity contribution in [3.8, 4) is 0 Å². The van der Waals surface area contributed by atoms with Gasteiger partial charge in [-0.15, -0.1) is 0 Å². The highest BCUT2D eigenvalue weighted by molar-refractivity contribution is 5.95. The van der Waals surface area contributed by atoms with Gasteiger partial charge in [0.1, 0.15) is 11.6 Å². The SMILES string of the molecule is O=C(CCCNc1ccc(C(=O)NN=Cc2ccc(F)cc2)cc1)NN=Cc1ccc(F)cc1. The highest BCUT2D eigenvalue weighted by atomic mass is 19.1. The summed E-state index contributed by atoms with van der Waals surface area (Å²) in [5.74, 6) is -1.28. The van der Waals surface area contributed by atoms with E-state index in [4.69, 9.17) is 0 Å². The van der Waals surface area contributed by atoms with Gasteiger partial charge in [-0.2, -0.15) is 10.2 Å². The Morgan fingerprint density at radius 1 is 0.735 bits per heavy atom. The fourth-order valence-electron chi connectivity index (χ4n) is 2.78. The van der Waals surface area contributed by atoms with E-state index in [2.05, 4.69) is 26.4 Å². The van der Waals surface area contributed by atoms with E-state index in [9.17, 15) is 18.4 Å². The number of nitrogens with zero attached hydrogens (tertiary/aromatic N) is 2. The molecule has 0 aliphatic carbocycles. The van der Waals surface area contributed by atoms with Crippen LogP contribution in [-0.4, -0.2) is 30.8 Å². The van der Waals surface area contributed by atoms with E-state index in [1.54, 1.807) is 48.5 Å². The van der Waals surface area contributed by atoms with E-state index in [1.165, 1.54) is 36.7 Å². The molecule has 7 nitrogen and oxygen atoms in total. The van der Waals surface area contributed by atoms with Crippen LogP contribution < -0.4 is 16.2 Å². The normalized spacial score (nSPS) is 11.0. The minimum Gasteiger partial charge on any atom is -0.385 e. The van der Waals surface area contributed by atoms with E-state index in [1.807, 2.05) is 0 Å². The van der Waals surface area contributed by atoms with Gasteiger partial charge in [0, 0.05) is 24.2 Å². The van der Waals surface area contributed by atoms with Gasteiger partial charge in [0.2, 0.25) is 5.91 Å². The Kier molecular flexibility index (Phi) is 8.98. The predicted octanol–water partition coefficient (Wildman–Crippen LogP) is 4.07. The molecule has 3 aromatic rings. The largest absolute Gasteiger partial charge is 0.385 e. The van der Waals surface area contributed by atoms with Gasteiger partial charge in [0.15, 0.2) is 0 Å². The zero-order chi connectivity index (χ0) is 24.2. The molecule has 34 heavy (non-hydrogen) atoms. The molecule has 3 rings (SSSR count). The Labute approximate surface area is 195 Å². The first kappa shape index (κ1) is 24.2. The summed E-state index contributed by atoms with van der Waals surface area (Å²) in [6.45, 7) is 0.558. The number of amides is 2. The molecular formula is C25H23F2N5O2. The third-order valence-corrected chi connectivity index (χ3v) is 4.58. The number of carbonyl (C=O) groups excluding carboxylic acids is 2. The molecule has 0 heterocycles. The molecule has 3 aromatic carbocycles. The average Bonchev–Trinajstić information content (AvgIpc) is 2.84. The van der Waals surface area contributed by atoms with Crippen LogP contribution in [0.1, 0.15) is 34.3 Å². The Morgan fingerprint density at radius 3 is 1.82 bits per heavy atom. The van der Waals surface area contributed by atoms with E-state index in [0.29, 0.717) is 29.7 Å². The van der Waals surface area contributed by atoms with Crippen molar-refractivity contribution in [3.63, 3.8) is 0 Å². The zero-order valence-electron chi connectivity index (χ0n) is 18.2. The van der Waals surface area contributed by atoms with Crippen LogP contribution in [0.2, 0.25) is 0 Å².